The Morgan fingerprint density at radius 2 is 2.00 bits per heavy atom. The first-order valence-electron chi connectivity index (χ1n) is 5.26. The molecule has 14 heavy (non-hydrogen) atoms. The number of benzene rings is 1. The molecule has 2 radical (unpaired) electrons. The van der Waals surface area contributed by atoms with E-state index >= 15 is 0 Å². The lowest BCUT2D eigenvalue weighted by Gasteiger charge is -2.16. The molecule has 0 heterocycles. The average Bonchev–Trinajstić information content (AvgIpc) is 2.26. The van der Waals surface area contributed by atoms with Crippen LogP contribution in [-0.2, 0) is 0 Å². The van der Waals surface area contributed by atoms with Gasteiger partial charge in [-0.2, -0.15) is 0 Å². The van der Waals surface area contributed by atoms with E-state index in [1.54, 1.807) is 0 Å². The number of allylic oxidation sites excluding steroid dienone is 1. The van der Waals surface area contributed by atoms with Crippen LogP contribution in [0.25, 0.3) is 5.57 Å². The van der Waals surface area contributed by atoms with Crippen molar-refractivity contribution in [2.75, 3.05) is 0 Å². The van der Waals surface area contributed by atoms with Gasteiger partial charge >= 0.3 is 0 Å². The summed E-state index contributed by atoms with van der Waals surface area (Å²) in [5, 5.41) is 0. The normalized spacial score (nSPS) is 12.4. The second-order valence-electron chi connectivity index (χ2n) is 3.60. The van der Waals surface area contributed by atoms with E-state index in [4.69, 9.17) is 6.58 Å². The molecule has 0 saturated carbocycles. The van der Waals surface area contributed by atoms with Gasteiger partial charge in [-0.05, 0) is 29.9 Å². The van der Waals surface area contributed by atoms with Crippen molar-refractivity contribution in [3.8, 4) is 0 Å². The summed E-state index contributed by atoms with van der Waals surface area (Å²) >= 11 is 0. The fourth-order valence-electron chi connectivity index (χ4n) is 1.67. The molecule has 0 N–H and O–H groups in total. The van der Waals surface area contributed by atoms with Gasteiger partial charge in [0, 0.05) is 0 Å². The van der Waals surface area contributed by atoms with Crippen molar-refractivity contribution < 1.29 is 0 Å². The average molecular weight is 186 g/mol. The SMILES string of the molecule is [CH]=C(c1ccccc1)C(C[CH2])CCC. The zero-order chi connectivity index (χ0) is 10.4. The zero-order valence-corrected chi connectivity index (χ0v) is 8.87. The highest BCUT2D eigenvalue weighted by molar-refractivity contribution is 5.63. The van der Waals surface area contributed by atoms with Crippen molar-refractivity contribution in [3.63, 3.8) is 0 Å². The predicted molar refractivity (Wildman–Crippen MR) is 62.5 cm³/mol. The number of hydrogen-bond donors (Lipinski definition) is 0. The molecule has 1 unspecified atom stereocenters. The minimum atomic E-state index is 0.433. The summed E-state index contributed by atoms with van der Waals surface area (Å²) in [4.78, 5) is 0. The quantitative estimate of drug-likeness (QED) is 0.648. The van der Waals surface area contributed by atoms with Gasteiger partial charge in [-0.15, -0.1) is 0 Å². The van der Waals surface area contributed by atoms with Gasteiger partial charge in [-0.25, -0.2) is 0 Å². The number of rotatable bonds is 5. The molecule has 0 aliphatic carbocycles. The third kappa shape index (κ3) is 2.73. The van der Waals surface area contributed by atoms with Crippen LogP contribution in [0.1, 0.15) is 31.7 Å². The van der Waals surface area contributed by atoms with Gasteiger partial charge in [0.05, 0.1) is 0 Å². The number of hydrogen-bond acceptors (Lipinski definition) is 0. The second-order valence-corrected chi connectivity index (χ2v) is 3.60. The van der Waals surface area contributed by atoms with Gasteiger partial charge in [-0.3, -0.25) is 0 Å². The van der Waals surface area contributed by atoms with Crippen LogP contribution in [-0.4, -0.2) is 0 Å². The maximum atomic E-state index is 6.11. The van der Waals surface area contributed by atoms with Crippen molar-refractivity contribution >= 4 is 5.57 Å². The Kier molecular flexibility index (Phi) is 4.45. The molecule has 0 aliphatic rings. The van der Waals surface area contributed by atoms with E-state index < -0.39 is 0 Å². The Bertz CT molecular complexity index is 271. The van der Waals surface area contributed by atoms with Crippen molar-refractivity contribution in [2.24, 2.45) is 5.92 Å². The van der Waals surface area contributed by atoms with Gasteiger partial charge in [-0.1, -0.05) is 57.2 Å². The highest BCUT2D eigenvalue weighted by Crippen LogP contribution is 2.27. The maximum Gasteiger partial charge on any atom is -0.0156 e. The Labute approximate surface area is 87.7 Å². The standard InChI is InChI=1S/C14H18/c1-4-9-13(5-2)12(3)14-10-7-6-8-11-14/h3,6-8,10-11,13H,2,4-5,9H2,1H3. The van der Waals surface area contributed by atoms with E-state index in [0.717, 1.165) is 30.4 Å². The monoisotopic (exact) mass is 186 g/mol. The molecule has 0 saturated heterocycles. The molecule has 74 valence electrons. The van der Waals surface area contributed by atoms with Crippen LogP contribution in [0.3, 0.4) is 0 Å². The highest BCUT2D eigenvalue weighted by atomic mass is 14.1. The van der Waals surface area contributed by atoms with Crippen LogP contribution in [0.2, 0.25) is 0 Å². The molecule has 1 aromatic rings. The summed E-state index contributed by atoms with van der Waals surface area (Å²) < 4.78 is 0. The van der Waals surface area contributed by atoms with Gasteiger partial charge in [0.25, 0.3) is 0 Å². The molecule has 0 bridgehead atoms. The summed E-state index contributed by atoms with van der Waals surface area (Å²) in [5.74, 6) is 0.433. The minimum absolute atomic E-state index is 0.433. The van der Waals surface area contributed by atoms with E-state index in [2.05, 4.69) is 26.0 Å². The van der Waals surface area contributed by atoms with Gasteiger partial charge in [0.2, 0.25) is 0 Å². The third-order valence-corrected chi connectivity index (χ3v) is 2.53. The lowest BCUT2D eigenvalue weighted by Crippen LogP contribution is -2.01. The van der Waals surface area contributed by atoms with Gasteiger partial charge < -0.3 is 0 Å². The predicted octanol–water partition coefficient (Wildman–Crippen LogP) is 4.14. The molecule has 0 spiro atoms. The second kappa shape index (κ2) is 5.64. The molecular formula is C14H18. The first kappa shape index (κ1) is 11.0. The summed E-state index contributed by atoms with van der Waals surface area (Å²) in [6.07, 6.45) is 3.17. The van der Waals surface area contributed by atoms with Gasteiger partial charge in [0.15, 0.2) is 0 Å². The molecule has 0 aliphatic heterocycles. The first-order chi connectivity index (χ1) is 6.79. The lowest BCUT2D eigenvalue weighted by atomic mass is 9.88. The Morgan fingerprint density at radius 3 is 2.50 bits per heavy atom. The molecule has 1 aromatic carbocycles. The highest BCUT2D eigenvalue weighted by Gasteiger charge is 2.10. The molecular weight excluding hydrogens is 168 g/mol. The Hall–Kier alpha value is -1.04. The largest absolute Gasteiger partial charge is 0.0654 e. The topological polar surface area (TPSA) is 0 Å². The van der Waals surface area contributed by atoms with Crippen LogP contribution in [0.4, 0.5) is 0 Å². The first-order valence-corrected chi connectivity index (χ1v) is 5.26. The molecule has 1 atom stereocenters. The molecule has 0 heteroatoms. The van der Waals surface area contributed by atoms with Crippen molar-refractivity contribution in [1.82, 2.24) is 0 Å². The summed E-state index contributed by atoms with van der Waals surface area (Å²) in [6.45, 7) is 12.2. The third-order valence-electron chi connectivity index (χ3n) is 2.53. The zero-order valence-electron chi connectivity index (χ0n) is 8.87. The van der Waals surface area contributed by atoms with Crippen molar-refractivity contribution in [3.05, 3.63) is 49.4 Å². The smallest absolute Gasteiger partial charge is 0.0156 e. The minimum Gasteiger partial charge on any atom is -0.0654 e. The van der Waals surface area contributed by atoms with Crippen LogP contribution in [0, 0.1) is 19.4 Å². The van der Waals surface area contributed by atoms with Crippen molar-refractivity contribution in [1.29, 1.82) is 0 Å². The molecule has 0 fully saturated rings. The summed E-state index contributed by atoms with van der Waals surface area (Å²) in [7, 11) is 0. The van der Waals surface area contributed by atoms with E-state index in [1.807, 2.05) is 18.2 Å². The maximum absolute atomic E-state index is 6.11. The van der Waals surface area contributed by atoms with Gasteiger partial charge in [0.1, 0.15) is 0 Å². The summed E-state index contributed by atoms with van der Waals surface area (Å²) in [5.41, 5.74) is 2.14. The Balaban J connectivity index is 2.73. The van der Waals surface area contributed by atoms with Crippen LogP contribution >= 0.6 is 0 Å². The summed E-state index contributed by atoms with van der Waals surface area (Å²) in [6, 6.07) is 10.2. The fourth-order valence-corrected chi connectivity index (χ4v) is 1.67. The van der Waals surface area contributed by atoms with Crippen LogP contribution in [0.5, 0.6) is 0 Å². The van der Waals surface area contributed by atoms with E-state index in [1.165, 1.54) is 0 Å². The Morgan fingerprint density at radius 1 is 1.36 bits per heavy atom. The van der Waals surface area contributed by atoms with E-state index in [-0.39, 0.29) is 0 Å². The lowest BCUT2D eigenvalue weighted by molar-refractivity contribution is 0.602. The molecule has 0 aromatic heterocycles. The van der Waals surface area contributed by atoms with Crippen LogP contribution in [0.15, 0.2) is 30.3 Å². The fraction of sp³-hybridized carbons (Fsp3) is 0.357. The van der Waals surface area contributed by atoms with Crippen molar-refractivity contribution in [2.45, 2.75) is 26.2 Å². The van der Waals surface area contributed by atoms with Crippen LogP contribution < -0.4 is 0 Å². The molecule has 1 rings (SSSR count). The van der Waals surface area contributed by atoms with E-state index in [0.29, 0.717) is 5.92 Å². The molecule has 0 nitrogen and oxygen atoms in total. The molecule has 0 amide bonds. The van der Waals surface area contributed by atoms with E-state index in [9.17, 15) is 0 Å².